The Morgan fingerprint density at radius 3 is 1.94 bits per heavy atom. The van der Waals surface area contributed by atoms with Gasteiger partial charge in [0, 0.05) is 12.0 Å². The summed E-state index contributed by atoms with van der Waals surface area (Å²) in [5.74, 6) is -0.244. The topological polar surface area (TPSA) is 69.1 Å². The minimum Gasteiger partial charge on any atom is -0.307 e. The van der Waals surface area contributed by atoms with E-state index in [4.69, 9.17) is 11.5 Å². The zero-order valence-electron chi connectivity index (χ0n) is 10.0. The van der Waals surface area contributed by atoms with Gasteiger partial charge in [0.1, 0.15) is 5.66 Å². The minimum atomic E-state index is -1.37. The summed E-state index contributed by atoms with van der Waals surface area (Å²) >= 11 is 0. The Balaban J connectivity index is 2.19. The minimum absolute atomic E-state index is 0.244. The zero-order valence-corrected chi connectivity index (χ0v) is 10.0. The van der Waals surface area contributed by atoms with Gasteiger partial charge in [0.05, 0.1) is 0 Å². The van der Waals surface area contributed by atoms with Crippen LogP contribution in [0.25, 0.3) is 0 Å². The van der Waals surface area contributed by atoms with Crippen LogP contribution in [-0.2, 0) is 6.42 Å². The number of carbonyl (C=O) groups is 1. The summed E-state index contributed by atoms with van der Waals surface area (Å²) in [6, 6.07) is 18.4. The van der Waals surface area contributed by atoms with Crippen molar-refractivity contribution in [2.24, 2.45) is 11.5 Å². The fourth-order valence-corrected chi connectivity index (χ4v) is 1.87. The van der Waals surface area contributed by atoms with Crippen molar-refractivity contribution in [1.82, 2.24) is 0 Å². The number of hydrogen-bond donors (Lipinski definition) is 2. The molecular weight excluding hydrogens is 224 g/mol. The Kier molecular flexibility index (Phi) is 3.55. The lowest BCUT2D eigenvalue weighted by Gasteiger charge is -2.23. The van der Waals surface area contributed by atoms with Crippen molar-refractivity contribution in [1.29, 1.82) is 0 Å². The Labute approximate surface area is 106 Å². The van der Waals surface area contributed by atoms with Crippen molar-refractivity contribution in [3.05, 3.63) is 71.8 Å². The highest BCUT2D eigenvalue weighted by atomic mass is 16.1. The van der Waals surface area contributed by atoms with Gasteiger partial charge in [-0.2, -0.15) is 0 Å². The van der Waals surface area contributed by atoms with Crippen molar-refractivity contribution in [3.8, 4) is 0 Å². The smallest absolute Gasteiger partial charge is 0.197 e. The molecule has 3 heteroatoms. The van der Waals surface area contributed by atoms with Crippen molar-refractivity contribution < 1.29 is 4.79 Å². The second-order valence-corrected chi connectivity index (χ2v) is 4.40. The van der Waals surface area contributed by atoms with E-state index in [1.807, 2.05) is 36.4 Å². The number of carbonyl (C=O) groups excluding carboxylic acids is 1. The summed E-state index contributed by atoms with van der Waals surface area (Å²) in [5.41, 5.74) is 12.0. The molecule has 0 radical (unpaired) electrons. The van der Waals surface area contributed by atoms with Gasteiger partial charge in [-0.25, -0.2) is 0 Å². The Bertz CT molecular complexity index is 521. The molecule has 0 unspecified atom stereocenters. The first-order valence-corrected chi connectivity index (χ1v) is 5.81. The molecule has 4 N–H and O–H groups in total. The summed E-state index contributed by atoms with van der Waals surface area (Å²) < 4.78 is 0. The van der Waals surface area contributed by atoms with E-state index in [1.54, 1.807) is 24.3 Å². The van der Waals surface area contributed by atoms with Crippen LogP contribution < -0.4 is 11.5 Å². The van der Waals surface area contributed by atoms with E-state index in [0.717, 1.165) is 5.56 Å². The maximum atomic E-state index is 12.2. The van der Waals surface area contributed by atoms with Crippen LogP contribution in [0.3, 0.4) is 0 Å². The van der Waals surface area contributed by atoms with Crippen molar-refractivity contribution >= 4 is 5.78 Å². The molecule has 0 heterocycles. The molecule has 0 aromatic heterocycles. The second kappa shape index (κ2) is 5.12. The normalized spacial score (nSPS) is 11.2. The number of benzene rings is 2. The molecule has 0 aliphatic heterocycles. The van der Waals surface area contributed by atoms with Gasteiger partial charge in [0.2, 0.25) is 0 Å². The first kappa shape index (κ1) is 12.5. The van der Waals surface area contributed by atoms with Gasteiger partial charge < -0.3 is 11.5 Å². The second-order valence-electron chi connectivity index (χ2n) is 4.40. The molecule has 0 aliphatic rings. The van der Waals surface area contributed by atoms with E-state index < -0.39 is 5.66 Å². The van der Waals surface area contributed by atoms with Gasteiger partial charge in [-0.1, -0.05) is 60.7 Å². The quantitative estimate of drug-likeness (QED) is 0.631. The van der Waals surface area contributed by atoms with Crippen molar-refractivity contribution in [3.63, 3.8) is 0 Å². The third-order valence-corrected chi connectivity index (χ3v) is 2.80. The average molecular weight is 240 g/mol. The lowest BCUT2D eigenvalue weighted by Crippen LogP contribution is -2.58. The molecule has 0 fully saturated rings. The molecule has 0 bridgehead atoms. The average Bonchev–Trinajstić information content (AvgIpc) is 2.39. The molecular formula is C15H16N2O. The monoisotopic (exact) mass is 240 g/mol. The van der Waals surface area contributed by atoms with E-state index in [0.29, 0.717) is 12.0 Å². The molecule has 0 aliphatic carbocycles. The maximum Gasteiger partial charge on any atom is 0.197 e. The third-order valence-electron chi connectivity index (χ3n) is 2.80. The number of Topliss-reactive ketones (excluding diaryl/α,β-unsaturated/α-hetero) is 1. The van der Waals surface area contributed by atoms with E-state index in [9.17, 15) is 4.79 Å². The summed E-state index contributed by atoms with van der Waals surface area (Å²) in [5, 5.41) is 0. The molecule has 0 atom stereocenters. The molecule has 2 aromatic rings. The highest BCUT2D eigenvalue weighted by Crippen LogP contribution is 2.12. The number of ketones is 1. The van der Waals surface area contributed by atoms with Crippen LogP contribution in [0.4, 0.5) is 0 Å². The molecule has 0 amide bonds. The first-order valence-electron chi connectivity index (χ1n) is 5.81. The lowest BCUT2D eigenvalue weighted by molar-refractivity contribution is 0.0891. The standard InChI is InChI=1S/C15H16N2O/c16-15(17,11-12-7-3-1-4-8-12)14(18)13-9-5-2-6-10-13/h1-10H,11,16-17H2. The van der Waals surface area contributed by atoms with Crippen LogP contribution in [-0.4, -0.2) is 11.4 Å². The van der Waals surface area contributed by atoms with E-state index >= 15 is 0 Å². The van der Waals surface area contributed by atoms with Crippen molar-refractivity contribution in [2.75, 3.05) is 0 Å². The fraction of sp³-hybridized carbons (Fsp3) is 0.133. The van der Waals surface area contributed by atoms with Crippen LogP contribution in [0, 0.1) is 0 Å². The predicted octanol–water partition coefficient (Wildman–Crippen LogP) is 1.73. The SMILES string of the molecule is NC(N)(Cc1ccccc1)C(=O)c1ccccc1. The molecule has 2 aromatic carbocycles. The van der Waals surface area contributed by atoms with Crippen molar-refractivity contribution in [2.45, 2.75) is 12.1 Å². The third kappa shape index (κ3) is 2.83. The Hall–Kier alpha value is -1.97. The van der Waals surface area contributed by atoms with Crippen LogP contribution >= 0.6 is 0 Å². The summed E-state index contributed by atoms with van der Waals surface area (Å²) in [4.78, 5) is 12.2. The highest BCUT2D eigenvalue weighted by molar-refractivity contribution is 6.02. The number of rotatable bonds is 4. The van der Waals surface area contributed by atoms with Gasteiger partial charge in [-0.15, -0.1) is 0 Å². The molecule has 3 nitrogen and oxygen atoms in total. The summed E-state index contributed by atoms with van der Waals surface area (Å²) in [7, 11) is 0. The van der Waals surface area contributed by atoms with Gasteiger partial charge in [0.15, 0.2) is 5.78 Å². The maximum absolute atomic E-state index is 12.2. The van der Waals surface area contributed by atoms with E-state index in [1.165, 1.54) is 0 Å². The molecule has 0 spiro atoms. The van der Waals surface area contributed by atoms with Crippen LogP contribution in [0.2, 0.25) is 0 Å². The largest absolute Gasteiger partial charge is 0.307 e. The van der Waals surface area contributed by atoms with Gasteiger partial charge in [-0.3, -0.25) is 4.79 Å². The van der Waals surface area contributed by atoms with Crippen LogP contribution in [0.1, 0.15) is 15.9 Å². The van der Waals surface area contributed by atoms with Crippen LogP contribution in [0.5, 0.6) is 0 Å². The zero-order chi connectivity index (χ0) is 13.0. The van der Waals surface area contributed by atoms with Gasteiger partial charge in [0.25, 0.3) is 0 Å². The molecule has 18 heavy (non-hydrogen) atoms. The number of hydrogen-bond acceptors (Lipinski definition) is 3. The van der Waals surface area contributed by atoms with Gasteiger partial charge >= 0.3 is 0 Å². The summed E-state index contributed by atoms with van der Waals surface area (Å²) in [6.45, 7) is 0. The number of nitrogens with two attached hydrogens (primary N) is 2. The first-order chi connectivity index (χ1) is 8.59. The summed E-state index contributed by atoms with van der Waals surface area (Å²) in [6.07, 6.45) is 0.321. The van der Waals surface area contributed by atoms with Gasteiger partial charge in [-0.05, 0) is 5.56 Å². The highest BCUT2D eigenvalue weighted by Gasteiger charge is 2.30. The predicted molar refractivity (Wildman–Crippen MR) is 72.0 cm³/mol. The Morgan fingerprint density at radius 2 is 1.39 bits per heavy atom. The van der Waals surface area contributed by atoms with Crippen LogP contribution in [0.15, 0.2) is 60.7 Å². The molecule has 0 saturated heterocycles. The van der Waals surface area contributed by atoms with E-state index in [2.05, 4.69) is 0 Å². The lowest BCUT2D eigenvalue weighted by atomic mass is 9.93. The van der Waals surface area contributed by atoms with E-state index in [-0.39, 0.29) is 5.78 Å². The molecule has 2 rings (SSSR count). The molecule has 0 saturated carbocycles. The fourth-order valence-electron chi connectivity index (χ4n) is 1.87. The Morgan fingerprint density at radius 1 is 0.889 bits per heavy atom. The molecule has 92 valence electrons.